The molecule has 0 spiro atoms. The summed E-state index contributed by atoms with van der Waals surface area (Å²) in [5.41, 5.74) is 0.316. The number of para-hydroxylation sites is 1. The van der Waals surface area contributed by atoms with E-state index in [9.17, 15) is 9.36 Å². The summed E-state index contributed by atoms with van der Waals surface area (Å²) in [6, 6.07) is 6.55. The van der Waals surface area contributed by atoms with Crippen LogP contribution < -0.4 is 4.52 Å². The number of hydrogen-bond acceptors (Lipinski definition) is 4. The van der Waals surface area contributed by atoms with Crippen molar-refractivity contribution in [3.63, 3.8) is 0 Å². The first-order chi connectivity index (χ1) is 6.08. The monoisotopic (exact) mass is 198 g/mol. The van der Waals surface area contributed by atoms with Gasteiger partial charge in [0.1, 0.15) is 11.3 Å². The van der Waals surface area contributed by atoms with Crippen molar-refractivity contribution in [2.75, 3.05) is 6.66 Å². The van der Waals surface area contributed by atoms with Gasteiger partial charge in [-0.15, -0.1) is 0 Å². The summed E-state index contributed by atoms with van der Waals surface area (Å²) in [5, 5.41) is 0. The Morgan fingerprint density at radius 2 is 1.92 bits per heavy atom. The van der Waals surface area contributed by atoms with E-state index in [1.54, 1.807) is 24.3 Å². The Morgan fingerprint density at radius 3 is 2.69 bits per heavy atom. The van der Waals surface area contributed by atoms with Crippen molar-refractivity contribution in [3.8, 4) is 5.75 Å². The molecule has 0 radical (unpaired) electrons. The molecule has 1 aliphatic heterocycles. The van der Waals surface area contributed by atoms with Crippen LogP contribution in [0.1, 0.15) is 10.4 Å². The fourth-order valence-corrected chi connectivity index (χ4v) is 2.07. The molecule has 1 aliphatic rings. The Hall–Kier alpha value is -1.28. The topological polar surface area (TPSA) is 52.6 Å². The SMILES string of the molecule is CP1(=O)OC(=O)c2ccccc2O1. The lowest BCUT2D eigenvalue weighted by molar-refractivity contribution is 0.0700. The van der Waals surface area contributed by atoms with Gasteiger partial charge in [0.05, 0.1) is 6.66 Å². The van der Waals surface area contributed by atoms with E-state index in [1.807, 2.05) is 0 Å². The zero-order valence-corrected chi connectivity index (χ0v) is 7.78. The number of rotatable bonds is 0. The minimum absolute atomic E-state index is 0.316. The van der Waals surface area contributed by atoms with Gasteiger partial charge in [-0.25, -0.2) is 9.36 Å². The first-order valence-corrected chi connectivity index (χ1v) is 5.67. The maximum atomic E-state index is 11.3. The molecule has 0 bridgehead atoms. The van der Waals surface area contributed by atoms with Gasteiger partial charge in [-0.3, -0.25) is 0 Å². The normalized spacial score (nSPS) is 25.8. The molecule has 1 heterocycles. The summed E-state index contributed by atoms with van der Waals surface area (Å²) in [6.07, 6.45) is 0. The fraction of sp³-hybridized carbons (Fsp3) is 0.125. The van der Waals surface area contributed by atoms with Crippen molar-refractivity contribution in [2.24, 2.45) is 0 Å². The minimum Gasteiger partial charge on any atom is -0.415 e. The predicted molar refractivity (Wildman–Crippen MR) is 46.0 cm³/mol. The second-order valence-electron chi connectivity index (χ2n) is 2.74. The Kier molecular flexibility index (Phi) is 1.67. The number of carbonyl (C=O) groups is 1. The smallest absolute Gasteiger partial charge is 0.415 e. The van der Waals surface area contributed by atoms with Crippen LogP contribution in [0.3, 0.4) is 0 Å². The van der Waals surface area contributed by atoms with Gasteiger partial charge in [-0.2, -0.15) is 0 Å². The van der Waals surface area contributed by atoms with Crippen LogP contribution in [0, 0.1) is 0 Å². The highest BCUT2D eigenvalue weighted by Gasteiger charge is 2.32. The van der Waals surface area contributed by atoms with Gasteiger partial charge in [0.25, 0.3) is 0 Å². The highest BCUT2D eigenvalue weighted by molar-refractivity contribution is 7.54. The fourth-order valence-electron chi connectivity index (χ4n) is 1.11. The van der Waals surface area contributed by atoms with E-state index in [0.29, 0.717) is 11.3 Å². The molecule has 0 aromatic heterocycles. The van der Waals surface area contributed by atoms with Gasteiger partial charge in [-0.1, -0.05) is 12.1 Å². The van der Waals surface area contributed by atoms with Gasteiger partial charge in [0, 0.05) is 0 Å². The lowest BCUT2D eigenvalue weighted by Gasteiger charge is -2.21. The molecular weight excluding hydrogens is 191 g/mol. The molecule has 4 nitrogen and oxygen atoms in total. The van der Waals surface area contributed by atoms with Crippen LogP contribution in [-0.4, -0.2) is 12.6 Å². The van der Waals surface area contributed by atoms with E-state index in [0.717, 1.165) is 0 Å². The Balaban J connectivity index is 2.55. The van der Waals surface area contributed by atoms with Crippen LogP contribution in [0.2, 0.25) is 0 Å². The van der Waals surface area contributed by atoms with E-state index >= 15 is 0 Å². The summed E-state index contributed by atoms with van der Waals surface area (Å²) in [6.45, 7) is 1.26. The maximum absolute atomic E-state index is 11.3. The lowest BCUT2D eigenvalue weighted by atomic mass is 10.2. The van der Waals surface area contributed by atoms with Gasteiger partial charge in [-0.05, 0) is 12.1 Å². The highest BCUT2D eigenvalue weighted by Crippen LogP contribution is 2.49. The average molecular weight is 198 g/mol. The highest BCUT2D eigenvalue weighted by atomic mass is 31.2. The summed E-state index contributed by atoms with van der Waals surface area (Å²) in [4.78, 5) is 11.2. The summed E-state index contributed by atoms with van der Waals surface area (Å²) >= 11 is 0. The van der Waals surface area contributed by atoms with Crippen LogP contribution in [0.5, 0.6) is 5.75 Å². The van der Waals surface area contributed by atoms with Crippen LogP contribution >= 0.6 is 7.60 Å². The minimum atomic E-state index is -3.22. The molecule has 5 heteroatoms. The van der Waals surface area contributed by atoms with Crippen molar-refractivity contribution >= 4 is 13.6 Å². The second-order valence-corrected chi connectivity index (χ2v) is 4.65. The zero-order chi connectivity index (χ0) is 9.47. The average Bonchev–Trinajstić information content (AvgIpc) is 2.02. The molecule has 1 aromatic carbocycles. The molecule has 0 saturated heterocycles. The van der Waals surface area contributed by atoms with Crippen molar-refractivity contribution in [3.05, 3.63) is 29.8 Å². The van der Waals surface area contributed by atoms with Crippen molar-refractivity contribution in [2.45, 2.75) is 0 Å². The molecule has 0 fully saturated rings. The first-order valence-electron chi connectivity index (χ1n) is 3.68. The largest absolute Gasteiger partial charge is 0.430 e. The molecule has 1 aromatic rings. The van der Waals surface area contributed by atoms with E-state index in [2.05, 4.69) is 4.52 Å². The maximum Gasteiger partial charge on any atom is 0.430 e. The Bertz CT molecular complexity index is 412. The number of benzene rings is 1. The third-order valence-corrected chi connectivity index (χ3v) is 2.65. The van der Waals surface area contributed by atoms with Crippen LogP contribution in [-0.2, 0) is 9.09 Å². The van der Waals surface area contributed by atoms with Gasteiger partial charge in [0.15, 0.2) is 0 Å². The first kappa shape index (κ1) is 8.32. The molecule has 0 saturated carbocycles. The van der Waals surface area contributed by atoms with E-state index in [4.69, 9.17) is 4.52 Å². The molecule has 1 unspecified atom stereocenters. The van der Waals surface area contributed by atoms with Crippen molar-refractivity contribution in [1.29, 1.82) is 0 Å². The third kappa shape index (κ3) is 1.45. The third-order valence-electron chi connectivity index (χ3n) is 1.62. The summed E-state index contributed by atoms with van der Waals surface area (Å²) in [7, 11) is -3.22. The molecular formula is C8H7O4P. The second kappa shape index (κ2) is 2.60. The summed E-state index contributed by atoms with van der Waals surface area (Å²) < 4.78 is 20.9. The molecule has 0 aliphatic carbocycles. The van der Waals surface area contributed by atoms with Gasteiger partial charge in [0.2, 0.25) is 0 Å². The number of carbonyl (C=O) groups excluding carboxylic acids is 1. The predicted octanol–water partition coefficient (Wildman–Crippen LogP) is 2.06. The van der Waals surface area contributed by atoms with Crippen LogP contribution in [0.25, 0.3) is 0 Å². The molecule has 1 atom stereocenters. The standard InChI is InChI=1S/C8H7O4P/c1-13(10)11-7-5-3-2-4-6(7)8(9)12-13/h2-5H,1H3. The molecule has 0 amide bonds. The number of hydrogen-bond donors (Lipinski definition) is 0. The van der Waals surface area contributed by atoms with Crippen molar-refractivity contribution < 1.29 is 18.4 Å². The van der Waals surface area contributed by atoms with Crippen molar-refractivity contribution in [1.82, 2.24) is 0 Å². The van der Waals surface area contributed by atoms with Crippen LogP contribution in [0.4, 0.5) is 0 Å². The van der Waals surface area contributed by atoms with E-state index in [-0.39, 0.29) is 0 Å². The zero-order valence-electron chi connectivity index (χ0n) is 6.89. The molecule has 2 rings (SSSR count). The number of fused-ring (bicyclic) bond motifs is 1. The van der Waals surface area contributed by atoms with Gasteiger partial charge < -0.3 is 9.05 Å². The van der Waals surface area contributed by atoms with Gasteiger partial charge >= 0.3 is 13.6 Å². The van der Waals surface area contributed by atoms with E-state index < -0.39 is 13.6 Å². The Labute approximate surface area is 75.0 Å². The lowest BCUT2D eigenvalue weighted by Crippen LogP contribution is -2.13. The van der Waals surface area contributed by atoms with E-state index in [1.165, 1.54) is 6.66 Å². The quantitative estimate of drug-likeness (QED) is 0.598. The molecule has 13 heavy (non-hydrogen) atoms. The Morgan fingerprint density at radius 1 is 1.23 bits per heavy atom. The van der Waals surface area contributed by atoms with Crippen LogP contribution in [0.15, 0.2) is 24.3 Å². The molecule has 68 valence electrons. The molecule has 0 N–H and O–H groups in total. The summed E-state index contributed by atoms with van der Waals surface area (Å²) in [5.74, 6) is -0.266.